The Labute approximate surface area is 112 Å². The number of nitrogens with one attached hydrogen (secondary N) is 1. The van der Waals surface area contributed by atoms with Crippen LogP contribution in [0.5, 0.6) is 0 Å². The first-order chi connectivity index (χ1) is 9.02. The van der Waals surface area contributed by atoms with E-state index >= 15 is 0 Å². The van der Waals surface area contributed by atoms with Crippen molar-refractivity contribution in [3.8, 4) is 11.3 Å². The average Bonchev–Trinajstić information content (AvgIpc) is 2.87. The highest BCUT2D eigenvalue weighted by Crippen LogP contribution is 2.32. The Balaban J connectivity index is 2.39. The van der Waals surface area contributed by atoms with E-state index in [1.165, 1.54) is 30.3 Å². The molecule has 8 heteroatoms. The Morgan fingerprint density at radius 1 is 1.37 bits per heavy atom. The summed E-state index contributed by atoms with van der Waals surface area (Å²) in [5, 5.41) is 10.7. The van der Waals surface area contributed by atoms with Crippen LogP contribution < -0.4 is 11.3 Å². The van der Waals surface area contributed by atoms with Gasteiger partial charge in [0.25, 0.3) is 5.69 Å². The van der Waals surface area contributed by atoms with Gasteiger partial charge in [-0.15, -0.1) is 0 Å². The van der Waals surface area contributed by atoms with Gasteiger partial charge < -0.3 is 4.42 Å². The molecule has 98 valence electrons. The van der Waals surface area contributed by atoms with E-state index in [-0.39, 0.29) is 16.5 Å². The Morgan fingerprint density at radius 3 is 2.68 bits per heavy atom. The van der Waals surface area contributed by atoms with Crippen LogP contribution >= 0.6 is 11.6 Å². The van der Waals surface area contributed by atoms with Gasteiger partial charge in [0.15, 0.2) is 5.76 Å². The summed E-state index contributed by atoms with van der Waals surface area (Å²) in [7, 11) is 0. The van der Waals surface area contributed by atoms with Crippen LogP contribution in [-0.2, 0) is 0 Å². The molecule has 0 fully saturated rings. The van der Waals surface area contributed by atoms with Crippen molar-refractivity contribution >= 4 is 23.2 Å². The highest BCUT2D eigenvalue weighted by Gasteiger charge is 2.15. The Hall–Kier alpha value is -2.38. The molecular formula is C11H8ClN3O4. The number of furan rings is 1. The van der Waals surface area contributed by atoms with E-state index in [4.69, 9.17) is 21.9 Å². The molecule has 0 atom stereocenters. The zero-order valence-corrected chi connectivity index (χ0v) is 10.2. The van der Waals surface area contributed by atoms with E-state index in [9.17, 15) is 14.9 Å². The highest BCUT2D eigenvalue weighted by molar-refractivity contribution is 6.33. The quantitative estimate of drug-likeness (QED) is 0.387. The summed E-state index contributed by atoms with van der Waals surface area (Å²) in [5.74, 6) is 4.73. The fourth-order valence-electron chi connectivity index (χ4n) is 1.49. The zero-order chi connectivity index (χ0) is 14.0. The third-order valence-corrected chi connectivity index (χ3v) is 2.70. The van der Waals surface area contributed by atoms with Crippen molar-refractivity contribution < 1.29 is 14.1 Å². The van der Waals surface area contributed by atoms with E-state index in [1.807, 2.05) is 5.43 Å². The second-order valence-corrected chi connectivity index (χ2v) is 3.97. The number of hydrazine groups is 1. The number of halogens is 1. The van der Waals surface area contributed by atoms with Crippen molar-refractivity contribution in [2.24, 2.45) is 5.84 Å². The molecule has 0 saturated heterocycles. The molecule has 3 N–H and O–H groups in total. The lowest BCUT2D eigenvalue weighted by molar-refractivity contribution is -0.384. The molecule has 0 aliphatic carbocycles. The molecule has 1 heterocycles. The number of nitro groups is 1. The predicted molar refractivity (Wildman–Crippen MR) is 67.5 cm³/mol. The third-order valence-electron chi connectivity index (χ3n) is 2.39. The zero-order valence-electron chi connectivity index (χ0n) is 9.42. The van der Waals surface area contributed by atoms with Crippen LogP contribution in [0.4, 0.5) is 5.69 Å². The molecule has 2 rings (SSSR count). The average molecular weight is 282 g/mol. The Morgan fingerprint density at radius 2 is 2.11 bits per heavy atom. The van der Waals surface area contributed by atoms with Crippen LogP contribution in [0.15, 0.2) is 34.7 Å². The van der Waals surface area contributed by atoms with Crippen molar-refractivity contribution in [1.29, 1.82) is 0 Å². The van der Waals surface area contributed by atoms with Crippen molar-refractivity contribution in [2.75, 3.05) is 0 Å². The lowest BCUT2D eigenvalue weighted by atomic mass is 10.1. The first-order valence-corrected chi connectivity index (χ1v) is 5.46. The monoisotopic (exact) mass is 281 g/mol. The second-order valence-electron chi connectivity index (χ2n) is 3.56. The van der Waals surface area contributed by atoms with Crippen molar-refractivity contribution in [1.82, 2.24) is 5.43 Å². The van der Waals surface area contributed by atoms with Gasteiger partial charge in [-0.05, 0) is 18.2 Å². The summed E-state index contributed by atoms with van der Waals surface area (Å²) in [4.78, 5) is 21.3. The maximum Gasteiger partial charge on any atom is 0.300 e. The fraction of sp³-hybridized carbons (Fsp3) is 0. The number of hydrogen-bond acceptors (Lipinski definition) is 5. The van der Waals surface area contributed by atoms with Crippen molar-refractivity contribution in [3.05, 3.63) is 51.2 Å². The summed E-state index contributed by atoms with van der Waals surface area (Å²) in [5.41, 5.74) is 2.25. The minimum absolute atomic E-state index is 0.0203. The summed E-state index contributed by atoms with van der Waals surface area (Å²) in [6.07, 6.45) is 0. The number of non-ortho nitro benzene ring substituents is 1. The maximum absolute atomic E-state index is 11.2. The number of nitro benzene ring substituents is 1. The van der Waals surface area contributed by atoms with Gasteiger partial charge in [-0.25, -0.2) is 5.84 Å². The minimum atomic E-state index is -0.579. The molecule has 0 unspecified atom stereocenters. The van der Waals surface area contributed by atoms with Crippen molar-refractivity contribution in [2.45, 2.75) is 0 Å². The van der Waals surface area contributed by atoms with Gasteiger partial charge in [-0.3, -0.25) is 20.3 Å². The topological polar surface area (TPSA) is 111 Å². The SMILES string of the molecule is NNC(=O)c1ccc(-c2ccc([N+](=O)[O-])cc2Cl)o1. The molecule has 0 aliphatic rings. The van der Waals surface area contributed by atoms with Crippen LogP contribution in [-0.4, -0.2) is 10.8 Å². The molecule has 1 aromatic carbocycles. The third kappa shape index (κ3) is 2.56. The van der Waals surface area contributed by atoms with Crippen LogP contribution in [0, 0.1) is 10.1 Å². The van der Waals surface area contributed by atoms with Crippen LogP contribution in [0.2, 0.25) is 5.02 Å². The number of rotatable bonds is 3. The normalized spacial score (nSPS) is 10.2. The number of nitrogens with two attached hydrogens (primary N) is 1. The number of nitrogens with zero attached hydrogens (tertiary/aromatic N) is 1. The molecule has 1 aromatic heterocycles. The van der Waals surface area contributed by atoms with Crippen LogP contribution in [0.3, 0.4) is 0 Å². The summed E-state index contributed by atoms with van der Waals surface area (Å²) < 4.78 is 5.26. The van der Waals surface area contributed by atoms with E-state index in [2.05, 4.69) is 0 Å². The summed E-state index contributed by atoms with van der Waals surface area (Å²) in [6.45, 7) is 0. The smallest absolute Gasteiger partial charge is 0.300 e. The number of carbonyl (C=O) groups is 1. The molecule has 7 nitrogen and oxygen atoms in total. The lowest BCUT2D eigenvalue weighted by Gasteiger charge is -2.00. The first-order valence-electron chi connectivity index (χ1n) is 5.08. The number of carbonyl (C=O) groups excluding carboxylic acids is 1. The lowest BCUT2D eigenvalue weighted by Crippen LogP contribution is -2.29. The Bertz CT molecular complexity index is 653. The number of nitrogen functional groups attached to an aromatic ring is 1. The molecule has 1 amide bonds. The minimum Gasteiger partial charge on any atom is -0.451 e. The van der Waals surface area contributed by atoms with E-state index in [1.54, 1.807) is 0 Å². The van der Waals surface area contributed by atoms with E-state index in [0.717, 1.165) is 0 Å². The first kappa shape index (κ1) is 13.1. The molecule has 0 aliphatic heterocycles. The van der Waals surface area contributed by atoms with Crippen LogP contribution in [0.25, 0.3) is 11.3 Å². The van der Waals surface area contributed by atoms with Crippen LogP contribution in [0.1, 0.15) is 10.6 Å². The molecule has 0 saturated carbocycles. The van der Waals surface area contributed by atoms with Gasteiger partial charge in [0.05, 0.1) is 9.95 Å². The maximum atomic E-state index is 11.2. The van der Waals surface area contributed by atoms with Gasteiger partial charge in [-0.2, -0.15) is 0 Å². The molecular weight excluding hydrogens is 274 g/mol. The largest absolute Gasteiger partial charge is 0.451 e. The molecule has 19 heavy (non-hydrogen) atoms. The number of hydrogen-bond donors (Lipinski definition) is 2. The van der Waals surface area contributed by atoms with E-state index in [0.29, 0.717) is 11.3 Å². The number of benzene rings is 1. The van der Waals surface area contributed by atoms with E-state index < -0.39 is 10.8 Å². The van der Waals surface area contributed by atoms with Crippen molar-refractivity contribution in [3.63, 3.8) is 0 Å². The molecule has 2 aromatic rings. The molecule has 0 spiro atoms. The van der Waals surface area contributed by atoms with Gasteiger partial charge in [-0.1, -0.05) is 11.6 Å². The fourth-order valence-corrected chi connectivity index (χ4v) is 1.76. The highest BCUT2D eigenvalue weighted by atomic mass is 35.5. The standard InChI is InChI=1S/C11H8ClN3O4/c12-8-5-6(15(17)18)1-2-7(8)9-3-4-10(19-9)11(16)14-13/h1-5H,13H2,(H,14,16). The summed E-state index contributed by atoms with van der Waals surface area (Å²) >= 11 is 5.94. The van der Waals surface area contributed by atoms with Gasteiger partial charge >= 0.3 is 5.91 Å². The Kier molecular flexibility index (Phi) is 3.50. The predicted octanol–water partition coefficient (Wildman–Crippen LogP) is 2.11. The molecule has 0 bridgehead atoms. The van der Waals surface area contributed by atoms with Gasteiger partial charge in [0.2, 0.25) is 0 Å². The van der Waals surface area contributed by atoms with Gasteiger partial charge in [0, 0.05) is 17.7 Å². The summed E-state index contributed by atoms with van der Waals surface area (Å²) in [6, 6.07) is 6.91. The number of amides is 1. The van der Waals surface area contributed by atoms with Gasteiger partial charge in [0.1, 0.15) is 5.76 Å². The second kappa shape index (κ2) is 5.09. The molecule has 0 radical (unpaired) electrons.